The first-order valence-electron chi connectivity index (χ1n) is 9.43. The van der Waals surface area contributed by atoms with Gasteiger partial charge >= 0.3 is 0 Å². The Morgan fingerprint density at radius 1 is 1.28 bits per heavy atom. The van der Waals surface area contributed by atoms with Crippen LogP contribution in [-0.2, 0) is 17.8 Å². The minimum absolute atomic E-state index is 0.130. The number of H-pyrrole nitrogens is 1. The molecule has 8 nitrogen and oxygen atoms in total. The Kier molecular flexibility index (Phi) is 7.92. The minimum atomic E-state index is -0.331. The van der Waals surface area contributed by atoms with Crippen molar-refractivity contribution >= 4 is 29.7 Å². The number of halogens is 1. The van der Waals surface area contributed by atoms with Crippen molar-refractivity contribution in [3.05, 3.63) is 33.3 Å². The number of ether oxygens (including phenoxy) is 2. The molecule has 3 N–H and O–H groups in total. The number of aromatic amines is 1. The lowest BCUT2D eigenvalue weighted by Gasteiger charge is -2.21. The van der Waals surface area contributed by atoms with Crippen molar-refractivity contribution in [2.24, 2.45) is 0 Å². The van der Waals surface area contributed by atoms with E-state index in [2.05, 4.69) is 20.9 Å². The van der Waals surface area contributed by atoms with Gasteiger partial charge in [0, 0.05) is 23.0 Å². The van der Waals surface area contributed by atoms with Crippen LogP contribution in [0, 0.1) is 4.77 Å². The maximum absolute atomic E-state index is 12.0. The Labute approximate surface area is 180 Å². The number of aryl methyl sites for hydroxylation is 1. The smallest absolute Gasteiger partial charge is 0.258 e. The molecule has 0 unspecified atom stereocenters. The van der Waals surface area contributed by atoms with Gasteiger partial charge in [0.1, 0.15) is 0 Å². The first-order chi connectivity index (χ1) is 13.6. The van der Waals surface area contributed by atoms with E-state index in [9.17, 15) is 4.79 Å². The van der Waals surface area contributed by atoms with Gasteiger partial charge in [-0.25, -0.2) is 4.68 Å². The Morgan fingerprint density at radius 3 is 2.59 bits per heavy atom. The summed E-state index contributed by atoms with van der Waals surface area (Å²) in [4.78, 5) is 12.0. The van der Waals surface area contributed by atoms with Crippen LogP contribution >= 0.6 is 23.8 Å². The molecule has 2 rings (SSSR count). The zero-order valence-electron chi connectivity index (χ0n) is 17.4. The predicted molar refractivity (Wildman–Crippen MR) is 116 cm³/mol. The fraction of sp³-hybridized carbons (Fsp3) is 0.526. The number of benzene rings is 1. The van der Waals surface area contributed by atoms with Gasteiger partial charge in [-0.15, -0.1) is 0 Å². The standard InChI is InChI=1S/C19H28ClN5O3S/c1-6-16-23-24-18(29)25(16)21-10-12-8-14(27-7-2)15(9-13(12)20)28-11-17(26)22-19(3,4)5/h8-9,21H,6-7,10-11H2,1-5H3,(H,22,26)(H,24,29). The van der Waals surface area contributed by atoms with Gasteiger partial charge in [0.15, 0.2) is 23.9 Å². The van der Waals surface area contributed by atoms with E-state index in [0.717, 1.165) is 17.8 Å². The van der Waals surface area contributed by atoms with Crippen molar-refractivity contribution in [3.8, 4) is 11.5 Å². The lowest BCUT2D eigenvalue weighted by Crippen LogP contribution is -2.43. The summed E-state index contributed by atoms with van der Waals surface area (Å²) in [5.41, 5.74) is 3.67. The van der Waals surface area contributed by atoms with Gasteiger partial charge in [-0.1, -0.05) is 18.5 Å². The molecule has 0 saturated heterocycles. The number of nitrogens with zero attached hydrogens (tertiary/aromatic N) is 2. The molecule has 0 aliphatic heterocycles. The van der Waals surface area contributed by atoms with Crippen LogP contribution in [0.2, 0.25) is 5.02 Å². The third kappa shape index (κ3) is 6.64. The maximum atomic E-state index is 12.0. The molecule has 0 aliphatic rings. The molecule has 2 aromatic rings. The second-order valence-corrected chi connectivity index (χ2v) is 8.17. The SMILES string of the molecule is CCOc1cc(CNn2c(CC)n[nH]c2=S)c(Cl)cc1OCC(=O)NC(C)(C)C. The average molecular weight is 442 g/mol. The zero-order chi connectivity index (χ0) is 21.6. The van der Waals surface area contributed by atoms with Crippen molar-refractivity contribution in [1.82, 2.24) is 20.2 Å². The van der Waals surface area contributed by atoms with Gasteiger partial charge in [-0.3, -0.25) is 9.89 Å². The molecule has 1 heterocycles. The summed E-state index contributed by atoms with van der Waals surface area (Å²) in [5, 5.41) is 10.3. The number of hydrogen-bond donors (Lipinski definition) is 3. The minimum Gasteiger partial charge on any atom is -0.490 e. The normalized spacial score (nSPS) is 11.2. The number of hydrogen-bond acceptors (Lipinski definition) is 6. The predicted octanol–water partition coefficient (Wildman–Crippen LogP) is 3.59. The first-order valence-corrected chi connectivity index (χ1v) is 10.2. The van der Waals surface area contributed by atoms with Crippen LogP contribution in [0.5, 0.6) is 11.5 Å². The summed E-state index contributed by atoms with van der Waals surface area (Å²) >= 11 is 11.7. The topological polar surface area (TPSA) is 93.2 Å². The van der Waals surface area contributed by atoms with Crippen LogP contribution in [0.15, 0.2) is 12.1 Å². The fourth-order valence-electron chi connectivity index (χ4n) is 2.59. The highest BCUT2D eigenvalue weighted by atomic mass is 35.5. The van der Waals surface area contributed by atoms with Crippen LogP contribution < -0.4 is 20.2 Å². The molecule has 29 heavy (non-hydrogen) atoms. The quantitative estimate of drug-likeness (QED) is 0.515. The molecule has 0 bridgehead atoms. The van der Waals surface area contributed by atoms with Gasteiger partial charge < -0.3 is 20.2 Å². The molecule has 10 heteroatoms. The van der Waals surface area contributed by atoms with Gasteiger partial charge in [0.25, 0.3) is 5.91 Å². The van der Waals surface area contributed by atoms with Gasteiger partial charge in [-0.05, 0) is 51.5 Å². The van der Waals surface area contributed by atoms with Crippen LogP contribution in [-0.4, -0.2) is 39.5 Å². The summed E-state index contributed by atoms with van der Waals surface area (Å²) < 4.78 is 13.5. The van der Waals surface area contributed by atoms with E-state index < -0.39 is 0 Å². The molecular weight excluding hydrogens is 414 g/mol. The lowest BCUT2D eigenvalue weighted by molar-refractivity contribution is -0.124. The third-order valence-electron chi connectivity index (χ3n) is 3.77. The van der Waals surface area contributed by atoms with Gasteiger partial charge in [0.2, 0.25) is 4.77 Å². The molecule has 0 radical (unpaired) electrons. The van der Waals surface area contributed by atoms with E-state index in [0.29, 0.717) is 34.4 Å². The lowest BCUT2D eigenvalue weighted by atomic mass is 10.1. The van der Waals surface area contributed by atoms with Crippen LogP contribution in [0.25, 0.3) is 0 Å². The number of carbonyl (C=O) groups excluding carboxylic acids is 1. The number of amides is 1. The highest BCUT2D eigenvalue weighted by molar-refractivity contribution is 7.71. The number of carbonyl (C=O) groups is 1. The zero-order valence-corrected chi connectivity index (χ0v) is 19.0. The van der Waals surface area contributed by atoms with E-state index in [1.54, 1.807) is 16.8 Å². The Bertz CT molecular complexity index is 904. The van der Waals surface area contributed by atoms with Crippen LogP contribution in [0.3, 0.4) is 0 Å². The molecule has 1 amide bonds. The van der Waals surface area contributed by atoms with Crippen molar-refractivity contribution < 1.29 is 14.3 Å². The largest absolute Gasteiger partial charge is 0.490 e. The molecule has 0 saturated carbocycles. The van der Waals surface area contributed by atoms with Gasteiger partial charge in [0.05, 0.1) is 13.2 Å². The second kappa shape index (κ2) is 9.98. The van der Waals surface area contributed by atoms with E-state index in [-0.39, 0.29) is 18.1 Å². The van der Waals surface area contributed by atoms with Crippen LogP contribution in [0.1, 0.15) is 46.0 Å². The third-order valence-corrected chi connectivity index (χ3v) is 4.40. The molecule has 1 aromatic heterocycles. The summed E-state index contributed by atoms with van der Waals surface area (Å²) in [6.45, 7) is 10.3. The Balaban J connectivity index is 2.15. The summed E-state index contributed by atoms with van der Waals surface area (Å²) in [6, 6.07) is 3.45. The maximum Gasteiger partial charge on any atom is 0.258 e. The summed E-state index contributed by atoms with van der Waals surface area (Å²) in [6.07, 6.45) is 0.724. The number of rotatable bonds is 9. The van der Waals surface area contributed by atoms with Crippen molar-refractivity contribution in [2.45, 2.75) is 53.1 Å². The summed E-state index contributed by atoms with van der Waals surface area (Å²) in [5.74, 6) is 1.51. The molecule has 0 atom stereocenters. The Hall–Kier alpha value is -2.26. The highest BCUT2D eigenvalue weighted by Crippen LogP contribution is 2.34. The van der Waals surface area contributed by atoms with Crippen LogP contribution in [0.4, 0.5) is 0 Å². The molecule has 160 valence electrons. The van der Waals surface area contributed by atoms with E-state index >= 15 is 0 Å². The van der Waals surface area contributed by atoms with Gasteiger partial charge in [-0.2, -0.15) is 5.10 Å². The highest BCUT2D eigenvalue weighted by Gasteiger charge is 2.17. The molecule has 0 aliphatic carbocycles. The van der Waals surface area contributed by atoms with Crippen molar-refractivity contribution in [3.63, 3.8) is 0 Å². The number of nitrogens with one attached hydrogen (secondary N) is 3. The van der Waals surface area contributed by atoms with Crippen molar-refractivity contribution in [2.75, 3.05) is 18.6 Å². The Morgan fingerprint density at radius 2 is 1.97 bits per heavy atom. The van der Waals surface area contributed by atoms with E-state index in [1.807, 2.05) is 34.6 Å². The second-order valence-electron chi connectivity index (χ2n) is 7.38. The molecule has 1 aromatic carbocycles. The van der Waals surface area contributed by atoms with E-state index in [1.165, 1.54) is 0 Å². The molecule has 0 fully saturated rings. The monoisotopic (exact) mass is 441 g/mol. The average Bonchev–Trinajstić information content (AvgIpc) is 2.99. The van der Waals surface area contributed by atoms with E-state index in [4.69, 9.17) is 33.3 Å². The summed E-state index contributed by atoms with van der Waals surface area (Å²) in [7, 11) is 0. The molecule has 0 spiro atoms. The number of aromatic nitrogens is 3. The first kappa shape index (κ1) is 23.0. The molecular formula is C19H28ClN5O3S. The fourth-order valence-corrected chi connectivity index (χ4v) is 3.02. The van der Waals surface area contributed by atoms with Crippen molar-refractivity contribution in [1.29, 1.82) is 0 Å².